The van der Waals surface area contributed by atoms with Crippen molar-refractivity contribution in [3.05, 3.63) is 35.5 Å². The lowest BCUT2D eigenvalue weighted by Crippen LogP contribution is -1.76. The lowest BCUT2D eigenvalue weighted by molar-refractivity contribution is -0.104. The molecule has 0 aromatic carbocycles. The molecule has 0 bridgehead atoms. The van der Waals surface area contributed by atoms with Crippen molar-refractivity contribution in [3.8, 4) is 0 Å². The van der Waals surface area contributed by atoms with Gasteiger partial charge in [0, 0.05) is 5.57 Å². The molecule has 0 spiro atoms. The van der Waals surface area contributed by atoms with E-state index in [-0.39, 0.29) is 0 Å². The van der Waals surface area contributed by atoms with Crippen LogP contribution in [-0.2, 0) is 4.79 Å². The van der Waals surface area contributed by atoms with Gasteiger partial charge in [-0.1, -0.05) is 29.9 Å². The van der Waals surface area contributed by atoms with E-state index in [0.29, 0.717) is 0 Å². The first-order valence-corrected chi connectivity index (χ1v) is 3.32. The average Bonchev–Trinajstić information content (AvgIpc) is 2.14. The summed E-state index contributed by atoms with van der Waals surface area (Å²) in [6, 6.07) is 0. The molecule has 0 aromatic heterocycles. The Balaban J connectivity index is 2.78. The summed E-state index contributed by atoms with van der Waals surface area (Å²) in [5, 5.41) is 0. The molecule has 0 saturated carbocycles. The zero-order chi connectivity index (χ0) is 7.40. The molecule has 1 aliphatic carbocycles. The molecule has 0 fully saturated rings. The van der Waals surface area contributed by atoms with Crippen molar-refractivity contribution in [2.75, 3.05) is 0 Å². The fraction of sp³-hybridized carbons (Fsp3) is 0.222. The monoisotopic (exact) mass is 134 g/mol. The van der Waals surface area contributed by atoms with E-state index in [4.69, 9.17) is 0 Å². The highest BCUT2D eigenvalue weighted by Gasteiger charge is 1.92. The minimum Gasteiger partial charge on any atom is -0.298 e. The maximum atomic E-state index is 10.3. The van der Waals surface area contributed by atoms with Gasteiger partial charge in [0.25, 0.3) is 0 Å². The molecular weight excluding hydrogens is 124 g/mol. The van der Waals surface area contributed by atoms with Crippen LogP contribution in [0.15, 0.2) is 35.5 Å². The van der Waals surface area contributed by atoms with Crippen LogP contribution in [0.25, 0.3) is 0 Å². The molecule has 1 rings (SSSR count). The van der Waals surface area contributed by atoms with Crippen LogP contribution in [-0.4, -0.2) is 6.29 Å². The molecular formula is C9H10O. The van der Waals surface area contributed by atoms with Crippen LogP contribution in [0.2, 0.25) is 0 Å². The van der Waals surface area contributed by atoms with Gasteiger partial charge in [0.15, 0.2) is 0 Å². The highest BCUT2D eigenvalue weighted by molar-refractivity contribution is 5.77. The first kappa shape index (κ1) is 7.00. The maximum absolute atomic E-state index is 10.3. The summed E-state index contributed by atoms with van der Waals surface area (Å²) in [5.41, 5.74) is 2.06. The van der Waals surface area contributed by atoms with E-state index in [1.807, 2.05) is 24.3 Å². The van der Waals surface area contributed by atoms with Gasteiger partial charge in [0.05, 0.1) is 0 Å². The number of carbonyl (C=O) groups excluding carboxylic acids is 1. The predicted octanol–water partition coefficient (Wildman–Crippen LogP) is 2.02. The fourth-order valence-electron chi connectivity index (χ4n) is 0.826. The van der Waals surface area contributed by atoms with Gasteiger partial charge in [-0.2, -0.15) is 0 Å². The molecule has 0 amide bonds. The summed E-state index contributed by atoms with van der Waals surface area (Å²) >= 11 is 0. The number of hydrogen-bond donors (Lipinski definition) is 0. The molecule has 10 heavy (non-hydrogen) atoms. The molecule has 0 aromatic rings. The molecule has 0 radical (unpaired) electrons. The van der Waals surface area contributed by atoms with E-state index in [1.54, 1.807) is 0 Å². The summed E-state index contributed by atoms with van der Waals surface area (Å²) in [6.45, 7) is 2.05. The van der Waals surface area contributed by atoms with Crippen LogP contribution < -0.4 is 0 Å². The molecule has 0 unspecified atom stereocenters. The summed E-state index contributed by atoms with van der Waals surface area (Å²) < 4.78 is 0. The van der Waals surface area contributed by atoms with Gasteiger partial charge in [0.2, 0.25) is 0 Å². The molecule has 0 atom stereocenters. The third kappa shape index (κ3) is 1.69. The van der Waals surface area contributed by atoms with Gasteiger partial charge in [0.1, 0.15) is 6.29 Å². The van der Waals surface area contributed by atoms with Gasteiger partial charge in [-0.25, -0.2) is 0 Å². The molecule has 1 nitrogen and oxygen atoms in total. The molecule has 0 saturated heterocycles. The van der Waals surface area contributed by atoms with Crippen LogP contribution >= 0.6 is 0 Å². The molecule has 1 heteroatoms. The van der Waals surface area contributed by atoms with Crippen LogP contribution in [0, 0.1) is 0 Å². The molecule has 0 aliphatic heterocycles. The largest absolute Gasteiger partial charge is 0.298 e. The van der Waals surface area contributed by atoms with Crippen LogP contribution in [0.5, 0.6) is 0 Å². The van der Waals surface area contributed by atoms with E-state index >= 15 is 0 Å². The Hall–Kier alpha value is -1.11. The lowest BCUT2D eigenvalue weighted by Gasteiger charge is -1.88. The van der Waals surface area contributed by atoms with Crippen LogP contribution in [0.3, 0.4) is 0 Å². The summed E-state index contributed by atoms with van der Waals surface area (Å²) in [5.74, 6) is 0. The second kappa shape index (κ2) is 3.16. The van der Waals surface area contributed by atoms with Crippen molar-refractivity contribution in [1.82, 2.24) is 0 Å². The van der Waals surface area contributed by atoms with Crippen molar-refractivity contribution in [1.29, 1.82) is 0 Å². The minimum atomic E-state index is 0.771. The molecule has 0 N–H and O–H groups in total. The molecule has 1 aliphatic rings. The number of allylic oxidation sites excluding steroid dienone is 6. The van der Waals surface area contributed by atoms with E-state index in [9.17, 15) is 4.79 Å². The van der Waals surface area contributed by atoms with Crippen LogP contribution in [0.1, 0.15) is 13.3 Å². The first-order valence-electron chi connectivity index (χ1n) is 3.32. The summed E-state index contributed by atoms with van der Waals surface area (Å²) in [7, 11) is 0. The van der Waals surface area contributed by atoms with Crippen LogP contribution in [0.4, 0.5) is 0 Å². The second-order valence-electron chi connectivity index (χ2n) is 2.40. The van der Waals surface area contributed by atoms with Gasteiger partial charge in [-0.15, -0.1) is 0 Å². The smallest absolute Gasteiger partial charge is 0.149 e. The zero-order valence-electron chi connectivity index (χ0n) is 6.00. The highest BCUT2D eigenvalue weighted by atomic mass is 16.1. The lowest BCUT2D eigenvalue weighted by atomic mass is 10.2. The van der Waals surface area contributed by atoms with Gasteiger partial charge in [-0.3, -0.25) is 4.79 Å². The van der Waals surface area contributed by atoms with Crippen molar-refractivity contribution in [2.45, 2.75) is 13.3 Å². The zero-order valence-corrected chi connectivity index (χ0v) is 6.00. The third-order valence-electron chi connectivity index (χ3n) is 1.47. The Morgan fingerprint density at radius 2 is 2.40 bits per heavy atom. The minimum absolute atomic E-state index is 0.771. The Kier molecular flexibility index (Phi) is 2.21. The Morgan fingerprint density at radius 1 is 1.60 bits per heavy atom. The predicted molar refractivity (Wildman–Crippen MR) is 41.7 cm³/mol. The van der Waals surface area contributed by atoms with Crippen molar-refractivity contribution >= 4 is 6.29 Å². The Morgan fingerprint density at radius 3 is 3.10 bits per heavy atom. The topological polar surface area (TPSA) is 17.1 Å². The second-order valence-corrected chi connectivity index (χ2v) is 2.40. The standard InChI is InChI=1S/C9H10O/c1-8-3-2-4-9(7-10)6-5-8/h2-4,6-7H,5H2,1H3. The van der Waals surface area contributed by atoms with Crippen molar-refractivity contribution in [2.24, 2.45) is 0 Å². The average molecular weight is 134 g/mol. The Bertz CT molecular complexity index is 219. The highest BCUT2D eigenvalue weighted by Crippen LogP contribution is 2.08. The van der Waals surface area contributed by atoms with Gasteiger partial charge < -0.3 is 0 Å². The number of aldehydes is 1. The Labute approximate surface area is 60.7 Å². The number of hydrogen-bond acceptors (Lipinski definition) is 1. The van der Waals surface area contributed by atoms with Gasteiger partial charge >= 0.3 is 0 Å². The van der Waals surface area contributed by atoms with Gasteiger partial charge in [-0.05, 0) is 13.3 Å². The fourth-order valence-corrected chi connectivity index (χ4v) is 0.826. The summed E-state index contributed by atoms with van der Waals surface area (Å²) in [6.07, 6.45) is 9.45. The summed E-state index contributed by atoms with van der Waals surface area (Å²) in [4.78, 5) is 10.3. The number of carbonyl (C=O) groups is 1. The molecule has 52 valence electrons. The van der Waals surface area contributed by atoms with Crippen molar-refractivity contribution in [3.63, 3.8) is 0 Å². The third-order valence-corrected chi connectivity index (χ3v) is 1.47. The van der Waals surface area contributed by atoms with E-state index in [1.165, 1.54) is 5.57 Å². The SMILES string of the molecule is CC1=CC=CC(C=O)=CC1. The molecule has 0 heterocycles. The maximum Gasteiger partial charge on any atom is 0.149 e. The normalized spacial score (nSPS) is 17.3. The number of rotatable bonds is 1. The first-order chi connectivity index (χ1) is 4.83. The van der Waals surface area contributed by atoms with E-state index < -0.39 is 0 Å². The van der Waals surface area contributed by atoms with E-state index in [0.717, 1.165) is 18.3 Å². The van der Waals surface area contributed by atoms with E-state index in [2.05, 4.69) is 6.92 Å². The quantitative estimate of drug-likeness (QED) is 0.501. The van der Waals surface area contributed by atoms with Crippen molar-refractivity contribution < 1.29 is 4.79 Å².